The van der Waals surface area contributed by atoms with Crippen molar-refractivity contribution in [1.29, 1.82) is 0 Å². The third-order valence-corrected chi connectivity index (χ3v) is 4.48. The first-order chi connectivity index (χ1) is 10.8. The van der Waals surface area contributed by atoms with Crippen molar-refractivity contribution < 1.29 is 10.0 Å². The van der Waals surface area contributed by atoms with Gasteiger partial charge in [0.25, 0.3) is 0 Å². The van der Waals surface area contributed by atoms with Crippen LogP contribution in [0.3, 0.4) is 0 Å². The van der Waals surface area contributed by atoms with Gasteiger partial charge in [-0.2, -0.15) is 11.8 Å². The molecular weight excluding hydrogens is 294 g/mol. The summed E-state index contributed by atoms with van der Waals surface area (Å²) in [6, 6.07) is 19.0. The van der Waals surface area contributed by atoms with Crippen molar-refractivity contribution in [1.82, 2.24) is 5.48 Å². The van der Waals surface area contributed by atoms with Crippen LogP contribution >= 0.6 is 11.8 Å². The van der Waals surface area contributed by atoms with Crippen molar-refractivity contribution >= 4 is 17.7 Å². The molecule has 3 nitrogen and oxygen atoms in total. The van der Waals surface area contributed by atoms with Crippen LogP contribution in [0.2, 0.25) is 0 Å². The molecule has 2 rings (SSSR count). The molecule has 2 aromatic rings. The zero-order valence-electron chi connectivity index (χ0n) is 12.5. The molecule has 2 N–H and O–H groups in total. The van der Waals surface area contributed by atoms with Crippen LogP contribution < -0.4 is 5.48 Å². The minimum atomic E-state index is -0.305. The second-order valence-electron chi connectivity index (χ2n) is 5.11. The van der Waals surface area contributed by atoms with E-state index >= 15 is 0 Å². The fraction of sp³-hybridized carbons (Fsp3) is 0.278. The van der Waals surface area contributed by atoms with E-state index in [1.54, 1.807) is 5.48 Å². The molecule has 0 radical (unpaired) electrons. The minimum absolute atomic E-state index is 0.305. The first-order valence-corrected chi connectivity index (χ1v) is 8.60. The summed E-state index contributed by atoms with van der Waals surface area (Å²) >= 11 is 1.88. The number of hydrogen-bond donors (Lipinski definition) is 2. The zero-order chi connectivity index (χ0) is 15.6. The molecule has 116 valence electrons. The number of carbonyl (C=O) groups excluding carboxylic acids is 1. The molecule has 1 amide bonds. The first-order valence-electron chi connectivity index (χ1n) is 7.44. The van der Waals surface area contributed by atoms with Gasteiger partial charge in [-0.3, -0.25) is 10.0 Å². The van der Waals surface area contributed by atoms with Gasteiger partial charge in [0.15, 0.2) is 0 Å². The molecule has 0 fully saturated rings. The largest absolute Gasteiger partial charge is 0.289 e. The Labute approximate surface area is 135 Å². The molecule has 0 aliphatic heterocycles. The Kier molecular flexibility index (Phi) is 7.00. The standard InChI is InChI=1S/C18H21NO2S/c20-18(19-21)11-4-5-12-22-14-15-7-6-10-17(13-15)16-8-2-1-3-9-16/h1-3,6-10,13,21H,4-5,11-12,14H2,(H,19,20). The predicted molar refractivity (Wildman–Crippen MR) is 91.8 cm³/mol. The van der Waals surface area contributed by atoms with Crippen LogP contribution in [0.4, 0.5) is 0 Å². The van der Waals surface area contributed by atoms with E-state index in [9.17, 15) is 4.79 Å². The number of benzene rings is 2. The van der Waals surface area contributed by atoms with Gasteiger partial charge < -0.3 is 0 Å². The van der Waals surface area contributed by atoms with Crippen LogP contribution in [0.1, 0.15) is 24.8 Å². The highest BCUT2D eigenvalue weighted by Crippen LogP contribution is 2.22. The number of thioether (sulfide) groups is 1. The highest BCUT2D eigenvalue weighted by atomic mass is 32.2. The Hall–Kier alpha value is -1.78. The maximum atomic E-state index is 10.9. The maximum absolute atomic E-state index is 10.9. The third-order valence-electron chi connectivity index (χ3n) is 3.37. The van der Waals surface area contributed by atoms with Gasteiger partial charge in [0.1, 0.15) is 0 Å². The first kappa shape index (κ1) is 16.6. The number of amides is 1. The van der Waals surface area contributed by atoms with Gasteiger partial charge in [-0.15, -0.1) is 0 Å². The lowest BCUT2D eigenvalue weighted by Gasteiger charge is -2.06. The quantitative estimate of drug-likeness (QED) is 0.435. The van der Waals surface area contributed by atoms with E-state index in [0.717, 1.165) is 24.3 Å². The predicted octanol–water partition coefficient (Wildman–Crippen LogP) is 4.26. The molecule has 0 atom stereocenters. The smallest absolute Gasteiger partial charge is 0.243 e. The Bertz CT molecular complexity index is 587. The SMILES string of the molecule is O=C(CCCCSCc1cccc(-c2ccccc2)c1)NO. The van der Waals surface area contributed by atoms with Crippen molar-refractivity contribution in [2.75, 3.05) is 5.75 Å². The lowest BCUT2D eigenvalue weighted by atomic mass is 10.0. The fourth-order valence-corrected chi connectivity index (χ4v) is 3.17. The highest BCUT2D eigenvalue weighted by Gasteiger charge is 2.01. The van der Waals surface area contributed by atoms with Crippen LogP contribution in [0.25, 0.3) is 11.1 Å². The number of carbonyl (C=O) groups is 1. The number of nitrogens with one attached hydrogen (secondary N) is 1. The molecule has 4 heteroatoms. The average molecular weight is 315 g/mol. The summed E-state index contributed by atoms with van der Waals surface area (Å²) in [6.07, 6.45) is 2.18. The molecule has 22 heavy (non-hydrogen) atoms. The normalized spacial score (nSPS) is 10.4. The van der Waals surface area contributed by atoms with Crippen LogP contribution in [0, 0.1) is 0 Å². The summed E-state index contributed by atoms with van der Waals surface area (Å²) in [4.78, 5) is 10.9. The molecule has 0 spiro atoms. The Balaban J connectivity index is 1.76. The third kappa shape index (κ3) is 5.54. The lowest BCUT2D eigenvalue weighted by Crippen LogP contribution is -2.17. The van der Waals surface area contributed by atoms with Crippen molar-refractivity contribution in [3.63, 3.8) is 0 Å². The van der Waals surface area contributed by atoms with E-state index in [1.807, 2.05) is 17.8 Å². The molecule has 0 heterocycles. The second-order valence-corrected chi connectivity index (χ2v) is 6.22. The Morgan fingerprint density at radius 1 is 1.00 bits per heavy atom. The van der Waals surface area contributed by atoms with Gasteiger partial charge in [0.05, 0.1) is 0 Å². The number of hydrogen-bond acceptors (Lipinski definition) is 3. The van der Waals surface area contributed by atoms with E-state index in [1.165, 1.54) is 16.7 Å². The van der Waals surface area contributed by atoms with Gasteiger partial charge in [-0.1, -0.05) is 54.6 Å². The molecule has 0 aliphatic carbocycles. The molecule has 0 saturated carbocycles. The van der Waals surface area contributed by atoms with Gasteiger partial charge in [-0.25, -0.2) is 5.48 Å². The summed E-state index contributed by atoms with van der Waals surface area (Å²) < 4.78 is 0. The molecular formula is C18H21NO2S. The number of hydroxylamine groups is 1. The molecule has 0 saturated heterocycles. The summed E-state index contributed by atoms with van der Waals surface area (Å²) in [5.74, 6) is 1.70. The van der Waals surface area contributed by atoms with E-state index in [2.05, 4.69) is 48.5 Å². The second kappa shape index (κ2) is 9.28. The zero-order valence-corrected chi connectivity index (χ0v) is 13.3. The number of unbranched alkanes of at least 4 members (excludes halogenated alkanes) is 1. The van der Waals surface area contributed by atoms with E-state index < -0.39 is 0 Å². The van der Waals surface area contributed by atoms with Crippen molar-refractivity contribution in [3.8, 4) is 11.1 Å². The van der Waals surface area contributed by atoms with Crippen molar-refractivity contribution in [2.45, 2.75) is 25.0 Å². The molecule has 0 aromatic heterocycles. The molecule has 2 aromatic carbocycles. The van der Waals surface area contributed by atoms with E-state index in [0.29, 0.717) is 6.42 Å². The van der Waals surface area contributed by atoms with Gasteiger partial charge in [0.2, 0.25) is 5.91 Å². The summed E-state index contributed by atoms with van der Waals surface area (Å²) in [5, 5.41) is 8.40. The van der Waals surface area contributed by atoms with Gasteiger partial charge in [0, 0.05) is 12.2 Å². The molecule has 0 unspecified atom stereocenters. The molecule has 0 aliphatic rings. The fourth-order valence-electron chi connectivity index (χ4n) is 2.21. The summed E-state index contributed by atoms with van der Waals surface area (Å²) in [6.45, 7) is 0. The molecule has 0 bridgehead atoms. The van der Waals surface area contributed by atoms with Crippen LogP contribution in [0.15, 0.2) is 54.6 Å². The topological polar surface area (TPSA) is 49.3 Å². The Morgan fingerprint density at radius 3 is 2.55 bits per heavy atom. The maximum Gasteiger partial charge on any atom is 0.243 e. The monoisotopic (exact) mass is 315 g/mol. The van der Waals surface area contributed by atoms with E-state index in [-0.39, 0.29) is 5.91 Å². The Morgan fingerprint density at radius 2 is 1.77 bits per heavy atom. The van der Waals surface area contributed by atoms with E-state index in [4.69, 9.17) is 5.21 Å². The lowest BCUT2D eigenvalue weighted by molar-refractivity contribution is -0.129. The summed E-state index contributed by atoms with van der Waals surface area (Å²) in [5.41, 5.74) is 5.47. The number of rotatable bonds is 8. The highest BCUT2D eigenvalue weighted by molar-refractivity contribution is 7.98. The van der Waals surface area contributed by atoms with Gasteiger partial charge >= 0.3 is 0 Å². The van der Waals surface area contributed by atoms with Gasteiger partial charge in [-0.05, 0) is 35.3 Å². The van der Waals surface area contributed by atoms with Crippen molar-refractivity contribution in [3.05, 3.63) is 60.2 Å². The van der Waals surface area contributed by atoms with Crippen LogP contribution in [0.5, 0.6) is 0 Å². The van der Waals surface area contributed by atoms with Crippen molar-refractivity contribution in [2.24, 2.45) is 0 Å². The summed E-state index contributed by atoms with van der Waals surface area (Å²) in [7, 11) is 0. The average Bonchev–Trinajstić information content (AvgIpc) is 2.58. The van der Waals surface area contributed by atoms with Crippen LogP contribution in [-0.4, -0.2) is 16.9 Å². The minimum Gasteiger partial charge on any atom is -0.289 e. The van der Waals surface area contributed by atoms with Crippen LogP contribution in [-0.2, 0) is 10.5 Å².